The predicted octanol–water partition coefficient (Wildman–Crippen LogP) is 3.98. The number of aliphatic imine (C=N–C) groups is 1. The van der Waals surface area contributed by atoms with Crippen LogP contribution in [0.4, 0.5) is 4.39 Å². The smallest absolute Gasteiger partial charge is 0.185 e. The fraction of sp³-hybridized carbons (Fsp3) is 0.381. The summed E-state index contributed by atoms with van der Waals surface area (Å²) < 4.78 is 20.1. The minimum absolute atomic E-state index is 0.111. The highest BCUT2D eigenvalue weighted by Crippen LogP contribution is 2.65. The van der Waals surface area contributed by atoms with Gasteiger partial charge in [0.25, 0.3) is 0 Å². The molecule has 5 nitrogen and oxygen atoms in total. The monoisotopic (exact) mass is 433 g/mol. The Morgan fingerprint density at radius 3 is 2.90 bits per heavy atom. The standard InChI is InChI=1S/C21H21ClFN3O2S/c1-20(18-9-21(18,11-28-2)29-19(24)26-20)14-7-12(3-5-15(14)23)8-17(27)16-6-4-13(22)10-25-16/h3-7,10,18H,8-9,11H2,1-2H3,(H2,24,26)/t18-,20+,21+/m0/s1. The van der Waals surface area contributed by atoms with Gasteiger partial charge in [-0.2, -0.15) is 0 Å². The third-order valence-corrected chi connectivity index (χ3v) is 7.20. The number of halogens is 2. The number of benzene rings is 1. The molecule has 2 N–H and O–H groups in total. The maximum absolute atomic E-state index is 14.9. The Balaban J connectivity index is 1.64. The molecule has 0 saturated heterocycles. The van der Waals surface area contributed by atoms with Gasteiger partial charge in [0.1, 0.15) is 11.5 Å². The molecule has 1 saturated carbocycles. The number of thioether (sulfide) groups is 1. The van der Waals surface area contributed by atoms with Crippen molar-refractivity contribution in [2.45, 2.75) is 30.1 Å². The van der Waals surface area contributed by atoms with Gasteiger partial charge in [0, 0.05) is 31.2 Å². The zero-order chi connectivity index (χ0) is 20.8. The molecule has 1 fully saturated rings. The molecule has 3 atom stereocenters. The number of nitrogens with two attached hydrogens (primary N) is 1. The quantitative estimate of drug-likeness (QED) is 0.697. The molecule has 0 spiro atoms. The average Bonchev–Trinajstić information content (AvgIpc) is 3.38. The summed E-state index contributed by atoms with van der Waals surface area (Å²) >= 11 is 7.34. The number of Topliss-reactive ketones (excluding diaryl/α,β-unsaturated/α-hetero) is 1. The van der Waals surface area contributed by atoms with Gasteiger partial charge >= 0.3 is 0 Å². The lowest BCUT2D eigenvalue weighted by atomic mass is 9.84. The van der Waals surface area contributed by atoms with Crippen LogP contribution in [0.1, 0.15) is 35.0 Å². The maximum atomic E-state index is 14.9. The van der Waals surface area contributed by atoms with E-state index in [1.54, 1.807) is 31.4 Å². The fourth-order valence-corrected chi connectivity index (χ4v) is 5.78. The van der Waals surface area contributed by atoms with Crippen LogP contribution in [-0.4, -0.2) is 34.4 Å². The van der Waals surface area contributed by atoms with Crippen LogP contribution in [0.3, 0.4) is 0 Å². The Bertz CT molecular complexity index is 1000. The molecule has 1 aromatic carbocycles. The van der Waals surface area contributed by atoms with Crippen molar-refractivity contribution in [2.75, 3.05) is 13.7 Å². The van der Waals surface area contributed by atoms with Gasteiger partial charge in [-0.25, -0.2) is 4.39 Å². The zero-order valence-electron chi connectivity index (χ0n) is 16.1. The molecular weight excluding hydrogens is 413 g/mol. The second-order valence-corrected chi connectivity index (χ2v) is 9.60. The van der Waals surface area contributed by atoms with Crippen LogP contribution in [0.5, 0.6) is 0 Å². The van der Waals surface area contributed by atoms with E-state index in [9.17, 15) is 9.18 Å². The second-order valence-electron chi connectivity index (χ2n) is 7.73. The second kappa shape index (κ2) is 7.38. The van der Waals surface area contributed by atoms with Crippen molar-refractivity contribution in [3.05, 3.63) is 64.2 Å². The van der Waals surface area contributed by atoms with Crippen molar-refractivity contribution < 1.29 is 13.9 Å². The molecule has 4 rings (SSSR count). The molecule has 8 heteroatoms. The number of aromatic nitrogens is 1. The van der Waals surface area contributed by atoms with Crippen LogP contribution in [-0.2, 0) is 16.7 Å². The van der Waals surface area contributed by atoms with Gasteiger partial charge in [-0.15, -0.1) is 0 Å². The number of amidine groups is 1. The summed E-state index contributed by atoms with van der Waals surface area (Å²) in [5, 5.41) is 0.901. The number of rotatable bonds is 6. The van der Waals surface area contributed by atoms with Gasteiger partial charge in [-0.05, 0) is 43.2 Å². The van der Waals surface area contributed by atoms with Crippen molar-refractivity contribution in [1.29, 1.82) is 0 Å². The van der Waals surface area contributed by atoms with Crippen LogP contribution in [0.25, 0.3) is 0 Å². The fourth-order valence-electron chi connectivity index (χ4n) is 4.22. The van der Waals surface area contributed by atoms with Crippen molar-refractivity contribution in [2.24, 2.45) is 16.6 Å². The van der Waals surface area contributed by atoms with Gasteiger partial charge in [0.15, 0.2) is 11.0 Å². The Hall–Kier alpha value is -1.96. The first-order valence-electron chi connectivity index (χ1n) is 9.24. The molecule has 0 radical (unpaired) electrons. The molecular formula is C21H21ClFN3O2S. The third kappa shape index (κ3) is 3.67. The van der Waals surface area contributed by atoms with E-state index < -0.39 is 5.54 Å². The summed E-state index contributed by atoms with van der Waals surface area (Å²) in [6, 6.07) is 7.95. The number of pyridine rings is 1. The van der Waals surface area contributed by atoms with Crippen molar-refractivity contribution in [1.82, 2.24) is 4.98 Å². The SMILES string of the molecule is COC[C@]12C[C@H]1[C@@](C)(c1cc(CC(=O)c3ccc(Cl)cn3)ccc1F)N=C(N)S2. The van der Waals surface area contributed by atoms with Crippen molar-refractivity contribution in [3.63, 3.8) is 0 Å². The van der Waals surface area contributed by atoms with Gasteiger partial charge in [-0.1, -0.05) is 29.4 Å². The number of fused-ring (bicyclic) bond motifs is 1. The first kappa shape index (κ1) is 20.3. The average molecular weight is 434 g/mol. The van der Waals surface area contributed by atoms with E-state index in [4.69, 9.17) is 22.1 Å². The summed E-state index contributed by atoms with van der Waals surface area (Å²) in [6.07, 6.45) is 2.40. The third-order valence-electron chi connectivity index (χ3n) is 5.70. The van der Waals surface area contributed by atoms with Crippen molar-refractivity contribution in [3.8, 4) is 0 Å². The number of carbonyl (C=O) groups excluding carboxylic acids is 1. The number of ketones is 1. The van der Waals surface area contributed by atoms with Gasteiger partial charge in [-0.3, -0.25) is 14.8 Å². The minimum Gasteiger partial charge on any atom is -0.383 e. The van der Waals surface area contributed by atoms with Crippen LogP contribution in [0.2, 0.25) is 5.02 Å². The van der Waals surface area contributed by atoms with Gasteiger partial charge in [0.2, 0.25) is 0 Å². The first-order valence-corrected chi connectivity index (χ1v) is 10.4. The molecule has 1 aliphatic carbocycles. The topological polar surface area (TPSA) is 77.6 Å². The Labute approximate surface area is 177 Å². The highest BCUT2D eigenvalue weighted by molar-refractivity contribution is 8.15. The highest BCUT2D eigenvalue weighted by atomic mass is 35.5. The number of nitrogens with zero attached hydrogens (tertiary/aromatic N) is 2. The molecule has 0 amide bonds. The van der Waals surface area contributed by atoms with Gasteiger partial charge < -0.3 is 10.5 Å². The molecule has 152 valence electrons. The van der Waals surface area contributed by atoms with E-state index in [0.29, 0.717) is 33.6 Å². The summed E-state index contributed by atoms with van der Waals surface area (Å²) in [5.74, 6) is -0.396. The lowest BCUT2D eigenvalue weighted by Crippen LogP contribution is -2.37. The zero-order valence-corrected chi connectivity index (χ0v) is 17.7. The largest absolute Gasteiger partial charge is 0.383 e. The van der Waals surface area contributed by atoms with Crippen LogP contribution in [0.15, 0.2) is 41.5 Å². The number of carbonyl (C=O) groups is 1. The Morgan fingerprint density at radius 1 is 1.41 bits per heavy atom. The summed E-state index contributed by atoms with van der Waals surface area (Å²) in [6.45, 7) is 2.45. The predicted molar refractivity (Wildman–Crippen MR) is 113 cm³/mol. The van der Waals surface area contributed by atoms with Crippen LogP contribution >= 0.6 is 23.4 Å². The lowest BCUT2D eigenvalue weighted by molar-refractivity contribution is 0.0988. The summed E-state index contributed by atoms with van der Waals surface area (Å²) in [7, 11) is 1.65. The molecule has 0 bridgehead atoms. The first-order chi connectivity index (χ1) is 13.8. The normalized spacial score (nSPS) is 27.9. The molecule has 0 unspecified atom stereocenters. The van der Waals surface area contributed by atoms with E-state index in [-0.39, 0.29) is 28.7 Å². The van der Waals surface area contributed by atoms with E-state index in [2.05, 4.69) is 9.98 Å². The number of hydrogen-bond acceptors (Lipinski definition) is 6. The molecule has 29 heavy (non-hydrogen) atoms. The van der Waals surface area contributed by atoms with Crippen molar-refractivity contribution >= 4 is 34.3 Å². The van der Waals surface area contributed by atoms with Crippen LogP contribution < -0.4 is 5.73 Å². The number of ether oxygens (including phenoxy) is 1. The summed E-state index contributed by atoms with van der Waals surface area (Å²) in [4.78, 5) is 21.3. The van der Waals surface area contributed by atoms with E-state index in [0.717, 1.165) is 6.42 Å². The van der Waals surface area contributed by atoms with E-state index in [1.165, 1.54) is 24.0 Å². The van der Waals surface area contributed by atoms with E-state index >= 15 is 0 Å². The maximum Gasteiger partial charge on any atom is 0.185 e. The highest BCUT2D eigenvalue weighted by Gasteiger charge is 2.66. The molecule has 1 aromatic heterocycles. The molecule has 1 aliphatic heterocycles. The molecule has 2 aliphatic rings. The Morgan fingerprint density at radius 2 is 2.21 bits per heavy atom. The van der Waals surface area contributed by atoms with Crippen LogP contribution in [0, 0.1) is 11.7 Å². The number of hydrogen-bond donors (Lipinski definition) is 1. The van der Waals surface area contributed by atoms with E-state index in [1.807, 2.05) is 6.92 Å². The lowest BCUT2D eigenvalue weighted by Gasteiger charge is -2.34. The molecule has 2 aromatic rings. The summed E-state index contributed by atoms with van der Waals surface area (Å²) in [5.41, 5.74) is 6.79. The van der Waals surface area contributed by atoms with Gasteiger partial charge in [0.05, 0.1) is 21.9 Å². The minimum atomic E-state index is -0.796. The Kier molecular flexibility index (Phi) is 5.17. The molecule has 2 heterocycles. The number of methoxy groups -OCH3 is 1.